The lowest BCUT2D eigenvalue weighted by Crippen LogP contribution is -2.50. The molecule has 78 valence electrons. The monoisotopic (exact) mass is 188 g/mol. The summed E-state index contributed by atoms with van der Waals surface area (Å²) in [6, 6.07) is 0.239. The average Bonchev–Trinajstić information content (AvgIpc) is 2.46. The van der Waals surface area contributed by atoms with Crippen LogP contribution in [0.25, 0.3) is 0 Å². The van der Waals surface area contributed by atoms with E-state index in [1.54, 1.807) is 0 Å². The molecule has 0 aromatic carbocycles. The highest BCUT2D eigenvalue weighted by atomic mass is 16.3. The summed E-state index contributed by atoms with van der Waals surface area (Å²) < 4.78 is 0. The van der Waals surface area contributed by atoms with Crippen molar-refractivity contribution in [2.24, 2.45) is 5.73 Å². The maximum absolute atomic E-state index is 9.71. The van der Waals surface area contributed by atoms with Gasteiger partial charge >= 0.3 is 0 Å². The van der Waals surface area contributed by atoms with Gasteiger partial charge < -0.3 is 15.9 Å². The molecule has 0 amide bonds. The topological polar surface area (TPSA) is 69.7 Å². The Kier molecular flexibility index (Phi) is 3.67. The average molecular weight is 188 g/mol. The number of aliphatic hydroxyl groups excluding tert-OH is 2. The van der Waals surface area contributed by atoms with Crippen LogP contribution in [0.4, 0.5) is 0 Å². The summed E-state index contributed by atoms with van der Waals surface area (Å²) in [5, 5.41) is 19.0. The van der Waals surface area contributed by atoms with Gasteiger partial charge in [-0.3, -0.25) is 4.90 Å². The van der Waals surface area contributed by atoms with Crippen molar-refractivity contribution >= 4 is 0 Å². The zero-order valence-corrected chi connectivity index (χ0v) is 8.35. The van der Waals surface area contributed by atoms with Crippen LogP contribution >= 0.6 is 0 Å². The molecule has 0 bridgehead atoms. The van der Waals surface area contributed by atoms with Gasteiger partial charge in [-0.05, 0) is 26.2 Å². The second-order valence-electron chi connectivity index (χ2n) is 3.82. The van der Waals surface area contributed by atoms with E-state index in [0.717, 1.165) is 12.8 Å². The smallest absolute Gasteiger partial charge is 0.118 e. The number of rotatable bonds is 3. The number of nitrogens with two attached hydrogens (primary N) is 1. The van der Waals surface area contributed by atoms with Crippen molar-refractivity contribution in [2.45, 2.75) is 57.6 Å². The molecule has 13 heavy (non-hydrogen) atoms. The molecule has 4 atom stereocenters. The molecule has 4 unspecified atom stereocenters. The van der Waals surface area contributed by atoms with Crippen LogP contribution in [0.3, 0.4) is 0 Å². The van der Waals surface area contributed by atoms with E-state index in [1.165, 1.54) is 0 Å². The fourth-order valence-corrected chi connectivity index (χ4v) is 2.11. The summed E-state index contributed by atoms with van der Waals surface area (Å²) in [4.78, 5) is 1.92. The molecule has 1 aliphatic heterocycles. The fraction of sp³-hybridized carbons (Fsp3) is 1.00. The van der Waals surface area contributed by atoms with Gasteiger partial charge in [0.2, 0.25) is 0 Å². The summed E-state index contributed by atoms with van der Waals surface area (Å²) in [5.41, 5.74) is 5.45. The Morgan fingerprint density at radius 2 is 2.08 bits per heavy atom. The standard InChI is InChI=1S/C9H20N2O2/c1-3-8(12)11-6(2)4-5-7(11)9(10)13/h6-9,12-13H,3-5,10H2,1-2H3. The van der Waals surface area contributed by atoms with Crippen LogP contribution in [0, 0.1) is 0 Å². The maximum Gasteiger partial charge on any atom is 0.118 e. The molecular formula is C9H20N2O2. The normalized spacial score (nSPS) is 34.8. The van der Waals surface area contributed by atoms with E-state index < -0.39 is 12.5 Å². The predicted molar refractivity (Wildman–Crippen MR) is 50.8 cm³/mol. The molecule has 0 aromatic heterocycles. The van der Waals surface area contributed by atoms with Crippen LogP contribution in [-0.2, 0) is 0 Å². The Hall–Kier alpha value is -0.160. The zero-order chi connectivity index (χ0) is 10.0. The third-order valence-electron chi connectivity index (χ3n) is 2.88. The summed E-state index contributed by atoms with van der Waals surface area (Å²) in [7, 11) is 0. The van der Waals surface area contributed by atoms with Crippen molar-refractivity contribution in [3.63, 3.8) is 0 Å². The number of likely N-dealkylation sites (tertiary alicyclic amines) is 1. The Balaban J connectivity index is 2.65. The first-order valence-electron chi connectivity index (χ1n) is 4.97. The zero-order valence-electron chi connectivity index (χ0n) is 8.35. The van der Waals surface area contributed by atoms with Crippen LogP contribution in [0.2, 0.25) is 0 Å². The minimum atomic E-state index is -0.842. The highest BCUT2D eigenvalue weighted by Crippen LogP contribution is 2.27. The van der Waals surface area contributed by atoms with Gasteiger partial charge in [0, 0.05) is 6.04 Å². The largest absolute Gasteiger partial charge is 0.378 e. The minimum Gasteiger partial charge on any atom is -0.378 e. The molecule has 1 rings (SSSR count). The van der Waals surface area contributed by atoms with Gasteiger partial charge in [0.15, 0.2) is 0 Å². The number of hydrogen-bond acceptors (Lipinski definition) is 4. The molecule has 0 spiro atoms. The van der Waals surface area contributed by atoms with Crippen molar-refractivity contribution in [1.82, 2.24) is 4.90 Å². The molecule has 4 heteroatoms. The lowest BCUT2D eigenvalue weighted by Gasteiger charge is -2.33. The first-order valence-corrected chi connectivity index (χ1v) is 4.97. The van der Waals surface area contributed by atoms with Crippen LogP contribution in [-0.4, -0.2) is 39.7 Å². The summed E-state index contributed by atoms with van der Waals surface area (Å²) >= 11 is 0. The third kappa shape index (κ3) is 2.20. The van der Waals surface area contributed by atoms with E-state index in [1.807, 2.05) is 11.8 Å². The molecule has 1 heterocycles. The van der Waals surface area contributed by atoms with Crippen molar-refractivity contribution < 1.29 is 10.2 Å². The Morgan fingerprint density at radius 1 is 1.46 bits per heavy atom. The second-order valence-corrected chi connectivity index (χ2v) is 3.82. The first kappa shape index (κ1) is 10.9. The van der Waals surface area contributed by atoms with Gasteiger partial charge in [0.1, 0.15) is 12.5 Å². The van der Waals surface area contributed by atoms with Crippen LogP contribution in [0.1, 0.15) is 33.1 Å². The van der Waals surface area contributed by atoms with Gasteiger partial charge in [-0.25, -0.2) is 0 Å². The SMILES string of the molecule is CCC(O)N1C(C)CCC1C(N)O. The summed E-state index contributed by atoms with van der Waals surface area (Å²) in [6.07, 6.45) is 1.23. The maximum atomic E-state index is 9.71. The summed E-state index contributed by atoms with van der Waals surface area (Å²) in [5.74, 6) is 0. The number of hydrogen-bond donors (Lipinski definition) is 3. The van der Waals surface area contributed by atoms with Crippen LogP contribution in [0.15, 0.2) is 0 Å². The lowest BCUT2D eigenvalue weighted by molar-refractivity contribution is -0.0587. The van der Waals surface area contributed by atoms with Crippen molar-refractivity contribution in [3.05, 3.63) is 0 Å². The van der Waals surface area contributed by atoms with Gasteiger partial charge in [-0.15, -0.1) is 0 Å². The van der Waals surface area contributed by atoms with Gasteiger partial charge in [-0.1, -0.05) is 6.92 Å². The van der Waals surface area contributed by atoms with E-state index >= 15 is 0 Å². The third-order valence-corrected chi connectivity index (χ3v) is 2.88. The van der Waals surface area contributed by atoms with E-state index in [9.17, 15) is 10.2 Å². The Labute approximate surface area is 79.3 Å². The molecule has 0 aliphatic carbocycles. The van der Waals surface area contributed by atoms with E-state index in [2.05, 4.69) is 6.92 Å². The molecular weight excluding hydrogens is 168 g/mol. The summed E-state index contributed by atoms with van der Waals surface area (Å²) in [6.45, 7) is 3.98. The van der Waals surface area contributed by atoms with E-state index in [-0.39, 0.29) is 6.04 Å². The number of nitrogens with zero attached hydrogens (tertiary/aromatic N) is 1. The lowest BCUT2D eigenvalue weighted by atomic mass is 10.2. The Bertz CT molecular complexity index is 164. The predicted octanol–water partition coefficient (Wildman–Crippen LogP) is -0.155. The van der Waals surface area contributed by atoms with Crippen molar-refractivity contribution in [2.75, 3.05) is 0 Å². The van der Waals surface area contributed by atoms with Crippen molar-refractivity contribution in [1.29, 1.82) is 0 Å². The molecule has 4 nitrogen and oxygen atoms in total. The molecule has 0 aromatic rings. The fourth-order valence-electron chi connectivity index (χ4n) is 2.11. The first-order chi connectivity index (χ1) is 6.07. The Morgan fingerprint density at radius 3 is 2.54 bits per heavy atom. The molecule has 0 radical (unpaired) electrons. The number of aliphatic hydroxyl groups is 2. The van der Waals surface area contributed by atoms with E-state index in [0.29, 0.717) is 12.5 Å². The molecule has 4 N–H and O–H groups in total. The minimum absolute atomic E-state index is 0.0788. The van der Waals surface area contributed by atoms with Gasteiger partial charge in [-0.2, -0.15) is 0 Å². The molecule has 1 fully saturated rings. The second kappa shape index (κ2) is 4.37. The van der Waals surface area contributed by atoms with Gasteiger partial charge in [0.25, 0.3) is 0 Å². The molecule has 1 aliphatic rings. The highest BCUT2D eigenvalue weighted by Gasteiger charge is 2.36. The quantitative estimate of drug-likeness (QED) is 0.538. The molecule has 0 saturated carbocycles. The van der Waals surface area contributed by atoms with Crippen LogP contribution in [0.5, 0.6) is 0 Å². The van der Waals surface area contributed by atoms with Crippen LogP contribution < -0.4 is 5.73 Å². The molecule has 1 saturated heterocycles. The van der Waals surface area contributed by atoms with E-state index in [4.69, 9.17) is 5.73 Å². The highest BCUT2D eigenvalue weighted by molar-refractivity contribution is 4.88. The van der Waals surface area contributed by atoms with Gasteiger partial charge in [0.05, 0.1) is 6.04 Å². The van der Waals surface area contributed by atoms with Crippen molar-refractivity contribution in [3.8, 4) is 0 Å².